The molecule has 6 nitrogen and oxygen atoms in total. The Labute approximate surface area is 125 Å². The van der Waals surface area contributed by atoms with Gasteiger partial charge >= 0.3 is 0 Å². The zero-order valence-corrected chi connectivity index (χ0v) is 12.9. The molecule has 1 atom stereocenters. The van der Waals surface area contributed by atoms with Crippen LogP contribution in [-0.4, -0.2) is 33.5 Å². The second kappa shape index (κ2) is 7.02. The fourth-order valence-corrected chi connectivity index (χ4v) is 3.34. The van der Waals surface area contributed by atoms with Gasteiger partial charge in [-0.05, 0) is 43.7 Å². The monoisotopic (exact) mass is 311 g/mol. The average molecular weight is 311 g/mol. The largest absolute Gasteiger partial charge is 0.325 e. The van der Waals surface area contributed by atoms with E-state index < -0.39 is 10.0 Å². The van der Waals surface area contributed by atoms with Gasteiger partial charge in [-0.1, -0.05) is 13.3 Å². The summed E-state index contributed by atoms with van der Waals surface area (Å²) in [5.41, 5.74) is 0.600. The van der Waals surface area contributed by atoms with Crippen molar-refractivity contribution in [3.63, 3.8) is 0 Å². The maximum atomic E-state index is 12.0. The molecule has 7 heteroatoms. The van der Waals surface area contributed by atoms with E-state index in [2.05, 4.69) is 15.4 Å². The number of rotatable bonds is 5. The van der Waals surface area contributed by atoms with Gasteiger partial charge in [-0.15, -0.1) is 0 Å². The summed E-state index contributed by atoms with van der Waals surface area (Å²) in [4.78, 5) is 12.2. The first-order valence-electron chi connectivity index (χ1n) is 7.17. The van der Waals surface area contributed by atoms with Gasteiger partial charge in [0.05, 0.1) is 10.9 Å². The van der Waals surface area contributed by atoms with Crippen LogP contribution in [0.5, 0.6) is 0 Å². The molecule has 2 rings (SSSR count). The van der Waals surface area contributed by atoms with E-state index in [4.69, 9.17) is 0 Å². The van der Waals surface area contributed by atoms with E-state index >= 15 is 0 Å². The lowest BCUT2D eigenvalue weighted by Gasteiger charge is -2.22. The number of nitrogens with one attached hydrogen (secondary N) is 3. The molecule has 0 aromatic heterocycles. The van der Waals surface area contributed by atoms with Gasteiger partial charge in [0, 0.05) is 12.2 Å². The number of sulfonamides is 1. The summed E-state index contributed by atoms with van der Waals surface area (Å²) in [6.45, 7) is 2.93. The van der Waals surface area contributed by atoms with E-state index in [1.165, 1.54) is 12.1 Å². The Bertz CT molecular complexity index is 578. The van der Waals surface area contributed by atoms with Gasteiger partial charge in [-0.25, -0.2) is 13.1 Å². The van der Waals surface area contributed by atoms with E-state index in [0.717, 1.165) is 25.8 Å². The van der Waals surface area contributed by atoms with Crippen molar-refractivity contribution in [2.24, 2.45) is 0 Å². The van der Waals surface area contributed by atoms with Crippen LogP contribution in [0.25, 0.3) is 0 Å². The summed E-state index contributed by atoms with van der Waals surface area (Å²) in [5.74, 6) is -0.0722. The molecule has 21 heavy (non-hydrogen) atoms. The third-order valence-corrected chi connectivity index (χ3v) is 4.95. The van der Waals surface area contributed by atoms with Crippen LogP contribution >= 0.6 is 0 Å². The lowest BCUT2D eigenvalue weighted by Crippen LogP contribution is -2.43. The minimum atomic E-state index is -3.45. The smallest absolute Gasteiger partial charge is 0.241 e. The third kappa shape index (κ3) is 4.26. The van der Waals surface area contributed by atoms with Gasteiger partial charge < -0.3 is 10.6 Å². The highest BCUT2D eigenvalue weighted by molar-refractivity contribution is 7.89. The predicted octanol–water partition coefficient (Wildman–Crippen LogP) is 1.07. The summed E-state index contributed by atoms with van der Waals surface area (Å²) >= 11 is 0. The predicted molar refractivity (Wildman–Crippen MR) is 81.6 cm³/mol. The lowest BCUT2D eigenvalue weighted by molar-refractivity contribution is -0.118. The van der Waals surface area contributed by atoms with E-state index in [0.29, 0.717) is 12.2 Å². The Hall–Kier alpha value is -1.44. The number of anilines is 1. The highest BCUT2D eigenvalue weighted by atomic mass is 32.2. The van der Waals surface area contributed by atoms with Crippen molar-refractivity contribution in [2.75, 3.05) is 18.4 Å². The van der Waals surface area contributed by atoms with Crippen LogP contribution in [0.2, 0.25) is 0 Å². The summed E-state index contributed by atoms with van der Waals surface area (Å²) < 4.78 is 26.0. The molecule has 1 aliphatic heterocycles. The molecule has 0 aliphatic carbocycles. The molecular weight excluding hydrogens is 290 g/mol. The summed E-state index contributed by atoms with van der Waals surface area (Å²) in [7, 11) is -3.45. The van der Waals surface area contributed by atoms with Crippen LogP contribution < -0.4 is 15.4 Å². The van der Waals surface area contributed by atoms with Crippen molar-refractivity contribution >= 4 is 21.6 Å². The Balaban J connectivity index is 2.00. The molecule has 0 bridgehead atoms. The lowest BCUT2D eigenvalue weighted by atomic mass is 10.0. The third-order valence-electron chi connectivity index (χ3n) is 3.39. The van der Waals surface area contributed by atoms with Gasteiger partial charge in [-0.2, -0.15) is 0 Å². The van der Waals surface area contributed by atoms with Crippen LogP contribution in [0.4, 0.5) is 5.69 Å². The van der Waals surface area contributed by atoms with Crippen molar-refractivity contribution in [3.8, 4) is 0 Å². The van der Waals surface area contributed by atoms with Crippen LogP contribution in [0.3, 0.4) is 0 Å². The summed E-state index contributed by atoms with van der Waals surface area (Å²) in [6, 6.07) is 6.02. The summed E-state index contributed by atoms with van der Waals surface area (Å²) in [5, 5.41) is 5.98. The zero-order chi connectivity index (χ0) is 15.3. The fraction of sp³-hybridized carbons (Fsp3) is 0.500. The number of benzene rings is 1. The highest BCUT2D eigenvalue weighted by Gasteiger charge is 2.20. The Morgan fingerprint density at radius 2 is 2.00 bits per heavy atom. The number of hydrogen-bond donors (Lipinski definition) is 3. The Morgan fingerprint density at radius 3 is 2.57 bits per heavy atom. The average Bonchev–Trinajstić information content (AvgIpc) is 2.48. The number of amides is 1. The molecule has 1 aromatic rings. The van der Waals surface area contributed by atoms with Crippen molar-refractivity contribution < 1.29 is 13.2 Å². The molecule has 0 spiro atoms. The quantitative estimate of drug-likeness (QED) is 0.759. The van der Waals surface area contributed by atoms with Crippen LogP contribution in [-0.2, 0) is 14.8 Å². The molecule has 3 N–H and O–H groups in total. The number of hydrogen-bond acceptors (Lipinski definition) is 4. The second-order valence-corrected chi connectivity index (χ2v) is 6.78. The van der Waals surface area contributed by atoms with Gasteiger partial charge in [0.1, 0.15) is 0 Å². The molecular formula is C14H21N3O3S. The topological polar surface area (TPSA) is 87.3 Å². The number of carbonyl (C=O) groups is 1. The zero-order valence-electron chi connectivity index (χ0n) is 12.1. The number of carbonyl (C=O) groups excluding carboxylic acids is 1. The van der Waals surface area contributed by atoms with Crippen molar-refractivity contribution in [2.45, 2.75) is 37.1 Å². The Kier molecular flexibility index (Phi) is 5.33. The minimum Gasteiger partial charge on any atom is -0.325 e. The molecule has 1 heterocycles. The van der Waals surface area contributed by atoms with Crippen molar-refractivity contribution in [3.05, 3.63) is 24.3 Å². The van der Waals surface area contributed by atoms with E-state index in [9.17, 15) is 13.2 Å². The van der Waals surface area contributed by atoms with Gasteiger partial charge in [0.15, 0.2) is 0 Å². The molecule has 1 aliphatic rings. The molecule has 1 fully saturated rings. The molecule has 116 valence electrons. The fourth-order valence-electron chi connectivity index (χ4n) is 2.30. The van der Waals surface area contributed by atoms with Crippen molar-refractivity contribution in [1.29, 1.82) is 0 Å². The molecule has 1 saturated heterocycles. The second-order valence-electron chi connectivity index (χ2n) is 5.02. The van der Waals surface area contributed by atoms with E-state index in [-0.39, 0.29) is 16.8 Å². The van der Waals surface area contributed by atoms with Gasteiger partial charge in [-0.3, -0.25) is 4.79 Å². The van der Waals surface area contributed by atoms with Crippen LogP contribution in [0.15, 0.2) is 29.2 Å². The van der Waals surface area contributed by atoms with Crippen LogP contribution in [0.1, 0.15) is 26.2 Å². The van der Waals surface area contributed by atoms with Gasteiger partial charge in [0.2, 0.25) is 15.9 Å². The molecule has 0 saturated carbocycles. The SMILES string of the molecule is CCNS(=O)(=O)c1ccc(NC(=O)[C@H]2CCCCN2)cc1. The van der Waals surface area contributed by atoms with Gasteiger partial charge in [0.25, 0.3) is 0 Å². The molecule has 0 radical (unpaired) electrons. The first-order valence-corrected chi connectivity index (χ1v) is 8.65. The first-order chi connectivity index (χ1) is 10.0. The molecule has 0 unspecified atom stereocenters. The first kappa shape index (κ1) is 15.9. The van der Waals surface area contributed by atoms with E-state index in [1.807, 2.05) is 0 Å². The van der Waals surface area contributed by atoms with E-state index in [1.54, 1.807) is 19.1 Å². The molecule has 1 amide bonds. The molecule has 1 aromatic carbocycles. The minimum absolute atomic E-state index is 0.0722. The summed E-state index contributed by atoms with van der Waals surface area (Å²) in [6.07, 6.45) is 2.98. The maximum absolute atomic E-state index is 12.0. The van der Waals surface area contributed by atoms with Crippen LogP contribution in [0, 0.1) is 0 Å². The van der Waals surface area contributed by atoms with Crippen molar-refractivity contribution in [1.82, 2.24) is 10.0 Å². The highest BCUT2D eigenvalue weighted by Crippen LogP contribution is 2.15. The standard InChI is InChI=1S/C14H21N3O3S/c1-2-16-21(19,20)12-8-6-11(7-9-12)17-14(18)13-5-3-4-10-15-13/h6-9,13,15-16H,2-5,10H2,1H3,(H,17,18)/t13-/m1/s1. The maximum Gasteiger partial charge on any atom is 0.241 e. The Morgan fingerprint density at radius 1 is 1.29 bits per heavy atom. The normalized spacial score (nSPS) is 19.2. The number of piperidine rings is 1.